The number of rotatable bonds is 5. The lowest BCUT2D eigenvalue weighted by Gasteiger charge is -2.16. The van der Waals surface area contributed by atoms with Gasteiger partial charge in [0.2, 0.25) is 9.84 Å². The monoisotopic (exact) mass is 387 g/mol. The standard InChI is InChI=1S/C21H22FNO3S/c1-13(2)19-10-15(11-20(14(3)4)21(19)24)9-18(12-23)27(25,26)17-7-5-16(22)6-8-17/h5-11,13-14,24H,1-4H3. The molecule has 2 rings (SSSR count). The first-order chi connectivity index (χ1) is 12.6. The Kier molecular flexibility index (Phi) is 6.07. The molecule has 0 aliphatic heterocycles. The van der Waals surface area contributed by atoms with E-state index in [1.165, 1.54) is 6.08 Å². The summed E-state index contributed by atoms with van der Waals surface area (Å²) in [5.41, 5.74) is 1.88. The summed E-state index contributed by atoms with van der Waals surface area (Å²) < 4.78 is 38.5. The van der Waals surface area contributed by atoms with Crippen molar-refractivity contribution in [1.82, 2.24) is 0 Å². The highest BCUT2D eigenvalue weighted by Crippen LogP contribution is 2.35. The van der Waals surface area contributed by atoms with E-state index in [9.17, 15) is 23.2 Å². The predicted molar refractivity (Wildman–Crippen MR) is 103 cm³/mol. The molecule has 0 bridgehead atoms. The van der Waals surface area contributed by atoms with Crippen LogP contribution in [0.5, 0.6) is 5.75 Å². The highest BCUT2D eigenvalue weighted by molar-refractivity contribution is 7.95. The van der Waals surface area contributed by atoms with Crippen molar-refractivity contribution in [1.29, 1.82) is 5.26 Å². The van der Waals surface area contributed by atoms with Crippen molar-refractivity contribution in [3.8, 4) is 11.8 Å². The van der Waals surface area contributed by atoms with Crippen LogP contribution in [0.1, 0.15) is 56.2 Å². The van der Waals surface area contributed by atoms with Gasteiger partial charge < -0.3 is 5.11 Å². The van der Waals surface area contributed by atoms with Gasteiger partial charge in [0.25, 0.3) is 0 Å². The highest BCUT2D eigenvalue weighted by Gasteiger charge is 2.22. The number of hydrogen-bond acceptors (Lipinski definition) is 4. The maximum absolute atomic E-state index is 13.1. The summed E-state index contributed by atoms with van der Waals surface area (Å²) in [4.78, 5) is -0.590. The first kappa shape index (κ1) is 20.7. The molecule has 27 heavy (non-hydrogen) atoms. The number of hydrogen-bond donors (Lipinski definition) is 1. The van der Waals surface area contributed by atoms with E-state index in [0.717, 1.165) is 24.3 Å². The number of nitriles is 1. The van der Waals surface area contributed by atoms with Crippen LogP contribution >= 0.6 is 0 Å². The van der Waals surface area contributed by atoms with Crippen molar-refractivity contribution in [3.63, 3.8) is 0 Å². The van der Waals surface area contributed by atoms with E-state index in [4.69, 9.17) is 0 Å². The lowest BCUT2D eigenvalue weighted by molar-refractivity contribution is 0.454. The van der Waals surface area contributed by atoms with Crippen molar-refractivity contribution in [2.45, 2.75) is 44.4 Å². The minimum Gasteiger partial charge on any atom is -0.507 e. The molecule has 0 saturated heterocycles. The fourth-order valence-corrected chi connectivity index (χ4v) is 3.89. The third-order valence-electron chi connectivity index (χ3n) is 4.26. The Bertz CT molecular complexity index is 985. The van der Waals surface area contributed by atoms with Crippen LogP contribution in [0.4, 0.5) is 4.39 Å². The van der Waals surface area contributed by atoms with Crippen LogP contribution in [-0.4, -0.2) is 13.5 Å². The number of sulfone groups is 1. The molecule has 6 heteroatoms. The summed E-state index contributed by atoms with van der Waals surface area (Å²) in [6, 6.07) is 9.44. The Balaban J connectivity index is 2.64. The molecule has 0 saturated carbocycles. The Morgan fingerprint density at radius 1 is 1.07 bits per heavy atom. The lowest BCUT2D eigenvalue weighted by Crippen LogP contribution is -2.04. The molecule has 2 aromatic carbocycles. The van der Waals surface area contributed by atoms with Crippen molar-refractivity contribution in [2.24, 2.45) is 0 Å². The molecule has 4 nitrogen and oxygen atoms in total. The summed E-state index contributed by atoms with van der Waals surface area (Å²) in [6.07, 6.45) is 1.29. The van der Waals surface area contributed by atoms with Crippen LogP contribution in [0.3, 0.4) is 0 Å². The number of benzene rings is 2. The Hall–Kier alpha value is -2.65. The smallest absolute Gasteiger partial charge is 0.216 e. The molecule has 0 unspecified atom stereocenters. The van der Waals surface area contributed by atoms with E-state index in [2.05, 4.69) is 0 Å². The Labute approximate surface area is 159 Å². The van der Waals surface area contributed by atoms with E-state index in [1.54, 1.807) is 18.2 Å². The molecule has 142 valence electrons. The average molecular weight is 387 g/mol. The zero-order valence-electron chi connectivity index (χ0n) is 15.7. The molecular weight excluding hydrogens is 365 g/mol. The maximum Gasteiger partial charge on any atom is 0.216 e. The zero-order valence-corrected chi connectivity index (χ0v) is 16.5. The number of aromatic hydroxyl groups is 1. The van der Waals surface area contributed by atoms with E-state index in [1.807, 2.05) is 27.7 Å². The number of nitrogens with zero attached hydrogens (tertiary/aromatic N) is 1. The molecule has 0 atom stereocenters. The highest BCUT2D eigenvalue weighted by atomic mass is 32.2. The topological polar surface area (TPSA) is 78.2 Å². The fraction of sp³-hybridized carbons (Fsp3) is 0.286. The first-order valence-electron chi connectivity index (χ1n) is 8.57. The maximum atomic E-state index is 13.1. The summed E-state index contributed by atoms with van der Waals surface area (Å²) >= 11 is 0. The third kappa shape index (κ3) is 4.37. The minimum atomic E-state index is -4.07. The van der Waals surface area contributed by atoms with Crippen LogP contribution in [-0.2, 0) is 9.84 Å². The summed E-state index contributed by atoms with van der Waals surface area (Å²) in [5, 5.41) is 19.9. The fourth-order valence-electron chi connectivity index (χ4n) is 2.73. The van der Waals surface area contributed by atoms with Crippen molar-refractivity contribution < 1.29 is 17.9 Å². The van der Waals surface area contributed by atoms with Crippen molar-refractivity contribution in [2.75, 3.05) is 0 Å². The summed E-state index contributed by atoms with van der Waals surface area (Å²) in [6.45, 7) is 7.69. The molecule has 0 heterocycles. The van der Waals surface area contributed by atoms with Crippen LogP contribution in [0.25, 0.3) is 6.08 Å². The Morgan fingerprint density at radius 2 is 1.56 bits per heavy atom. The van der Waals surface area contributed by atoms with Crippen molar-refractivity contribution in [3.05, 3.63) is 63.8 Å². The van der Waals surface area contributed by atoms with E-state index < -0.39 is 20.6 Å². The van der Waals surface area contributed by atoms with E-state index in [0.29, 0.717) is 16.7 Å². The first-order valence-corrected chi connectivity index (χ1v) is 10.1. The van der Waals surface area contributed by atoms with Crippen LogP contribution in [0.15, 0.2) is 46.2 Å². The van der Waals surface area contributed by atoms with Gasteiger partial charge in [0.05, 0.1) is 4.90 Å². The Morgan fingerprint density at radius 3 is 1.96 bits per heavy atom. The van der Waals surface area contributed by atoms with Gasteiger partial charge in [-0.15, -0.1) is 0 Å². The van der Waals surface area contributed by atoms with Gasteiger partial charge in [-0.05, 0) is 71.0 Å². The molecule has 0 radical (unpaired) electrons. The number of allylic oxidation sites excluding steroid dienone is 1. The molecule has 0 fully saturated rings. The van der Waals surface area contributed by atoms with Gasteiger partial charge >= 0.3 is 0 Å². The number of phenols is 1. The van der Waals surface area contributed by atoms with Gasteiger partial charge in [0, 0.05) is 0 Å². The molecule has 0 aromatic heterocycles. The third-order valence-corrected chi connectivity index (χ3v) is 5.94. The quantitative estimate of drug-likeness (QED) is 0.571. The molecule has 0 aliphatic rings. The van der Waals surface area contributed by atoms with Gasteiger partial charge in [-0.3, -0.25) is 0 Å². The molecule has 1 N–H and O–H groups in total. The molecule has 2 aromatic rings. The van der Waals surface area contributed by atoms with Gasteiger partial charge in [-0.25, -0.2) is 12.8 Å². The molecular formula is C21H22FNO3S. The van der Waals surface area contributed by atoms with Crippen LogP contribution in [0, 0.1) is 17.1 Å². The van der Waals surface area contributed by atoms with E-state index >= 15 is 0 Å². The van der Waals surface area contributed by atoms with Gasteiger partial charge in [0.15, 0.2) is 0 Å². The zero-order chi connectivity index (χ0) is 20.4. The van der Waals surface area contributed by atoms with Crippen LogP contribution < -0.4 is 0 Å². The second-order valence-corrected chi connectivity index (χ2v) is 8.85. The number of halogens is 1. The van der Waals surface area contributed by atoms with Gasteiger partial charge in [-0.1, -0.05) is 27.7 Å². The largest absolute Gasteiger partial charge is 0.507 e. The SMILES string of the molecule is CC(C)c1cc(C=C(C#N)S(=O)(=O)c2ccc(F)cc2)cc(C(C)C)c1O. The summed E-state index contributed by atoms with van der Waals surface area (Å²) in [7, 11) is -4.07. The number of phenolic OH excluding ortho intramolecular Hbond substituents is 1. The van der Waals surface area contributed by atoms with Crippen molar-refractivity contribution >= 4 is 15.9 Å². The molecule has 0 spiro atoms. The normalized spacial score (nSPS) is 12.4. The predicted octanol–water partition coefficient (Wildman–Crippen LogP) is 5.12. The second kappa shape index (κ2) is 7.93. The average Bonchev–Trinajstić information content (AvgIpc) is 2.60. The van der Waals surface area contributed by atoms with Gasteiger partial charge in [0.1, 0.15) is 22.5 Å². The minimum absolute atomic E-state index is 0.0232. The second-order valence-electron chi connectivity index (χ2n) is 6.94. The molecule has 0 aliphatic carbocycles. The van der Waals surface area contributed by atoms with E-state index in [-0.39, 0.29) is 22.5 Å². The molecule has 0 amide bonds. The summed E-state index contributed by atoms with van der Waals surface area (Å²) in [5.74, 6) is -0.319. The van der Waals surface area contributed by atoms with Crippen LogP contribution in [0.2, 0.25) is 0 Å². The van der Waals surface area contributed by atoms with Gasteiger partial charge in [-0.2, -0.15) is 5.26 Å². The lowest BCUT2D eigenvalue weighted by atomic mass is 9.91.